The van der Waals surface area contributed by atoms with Crippen LogP contribution in [0.5, 0.6) is 0 Å². The molecule has 1 N–H and O–H groups in total. The Balaban J connectivity index is 1.95. The van der Waals surface area contributed by atoms with Gasteiger partial charge in [0.25, 0.3) is 0 Å². The van der Waals surface area contributed by atoms with Gasteiger partial charge in [-0.1, -0.05) is 12.1 Å². The number of nitrogens with zero attached hydrogens (tertiary/aromatic N) is 4. The number of rotatable bonds is 2. The molecule has 5 nitrogen and oxygen atoms in total. The van der Waals surface area contributed by atoms with Gasteiger partial charge in [-0.15, -0.1) is 0 Å². The van der Waals surface area contributed by atoms with Crippen LogP contribution in [0.1, 0.15) is 5.56 Å². The van der Waals surface area contributed by atoms with Crippen LogP contribution >= 0.6 is 0 Å². The van der Waals surface area contributed by atoms with E-state index < -0.39 is 0 Å². The highest BCUT2D eigenvalue weighted by molar-refractivity contribution is 5.94. The summed E-state index contributed by atoms with van der Waals surface area (Å²) in [6.45, 7) is 2.08. The van der Waals surface area contributed by atoms with Crippen molar-refractivity contribution in [2.24, 2.45) is 0 Å². The predicted molar refractivity (Wildman–Crippen MR) is 85.1 cm³/mol. The molecule has 3 aromatic heterocycles. The zero-order valence-electron chi connectivity index (χ0n) is 12.0. The fourth-order valence-corrected chi connectivity index (χ4v) is 2.55. The minimum atomic E-state index is 0.742. The van der Waals surface area contributed by atoms with E-state index in [0.717, 1.165) is 33.7 Å². The molecule has 0 amide bonds. The van der Waals surface area contributed by atoms with Gasteiger partial charge in [0.2, 0.25) is 0 Å². The first-order chi connectivity index (χ1) is 10.8. The number of aromatic nitrogens is 5. The van der Waals surface area contributed by atoms with Crippen LogP contribution in [0.15, 0.2) is 55.2 Å². The molecule has 5 heteroatoms. The summed E-state index contributed by atoms with van der Waals surface area (Å²) in [6.07, 6.45) is 6.91. The molecular formula is C17H13N5. The Morgan fingerprint density at radius 2 is 1.86 bits per heavy atom. The standard InChI is InChI=1S/C17H13N5/c1-11-5-7-18-9-13(11)12-3-2-4-14-16(12)22-17(21-14)15-6-8-19-10-20-15/h2-10H,1H3,(H,21,22). The SMILES string of the molecule is Cc1ccncc1-c1cccc2[nH]c(-c3ccncn3)nc12. The molecule has 0 aliphatic carbocycles. The van der Waals surface area contributed by atoms with E-state index in [1.54, 1.807) is 12.4 Å². The minimum Gasteiger partial charge on any atom is -0.337 e. The van der Waals surface area contributed by atoms with Gasteiger partial charge in [-0.2, -0.15) is 0 Å². The highest BCUT2D eigenvalue weighted by Gasteiger charge is 2.12. The van der Waals surface area contributed by atoms with Crippen molar-refractivity contribution in [3.05, 3.63) is 60.8 Å². The Labute approximate surface area is 127 Å². The molecule has 106 valence electrons. The number of nitrogens with one attached hydrogen (secondary N) is 1. The Morgan fingerprint density at radius 1 is 0.955 bits per heavy atom. The second kappa shape index (κ2) is 5.04. The normalized spacial score (nSPS) is 11.0. The average molecular weight is 287 g/mol. The molecule has 0 radical (unpaired) electrons. The summed E-state index contributed by atoms with van der Waals surface area (Å²) in [4.78, 5) is 20.5. The predicted octanol–water partition coefficient (Wildman–Crippen LogP) is 3.39. The van der Waals surface area contributed by atoms with Gasteiger partial charge >= 0.3 is 0 Å². The number of imidazole rings is 1. The van der Waals surface area contributed by atoms with E-state index in [-0.39, 0.29) is 0 Å². The van der Waals surface area contributed by atoms with Crippen LogP contribution in [0.2, 0.25) is 0 Å². The Bertz CT molecular complexity index is 944. The third-order valence-electron chi connectivity index (χ3n) is 3.67. The van der Waals surface area contributed by atoms with Crippen molar-refractivity contribution in [3.63, 3.8) is 0 Å². The summed E-state index contributed by atoms with van der Waals surface area (Å²) in [5.74, 6) is 0.742. The smallest absolute Gasteiger partial charge is 0.157 e. The van der Waals surface area contributed by atoms with Crippen LogP contribution in [-0.2, 0) is 0 Å². The molecule has 0 fully saturated rings. The first-order valence-electron chi connectivity index (χ1n) is 6.99. The fourth-order valence-electron chi connectivity index (χ4n) is 2.55. The van der Waals surface area contributed by atoms with Crippen LogP contribution < -0.4 is 0 Å². The zero-order chi connectivity index (χ0) is 14.9. The number of fused-ring (bicyclic) bond motifs is 1. The lowest BCUT2D eigenvalue weighted by molar-refractivity contribution is 1.14. The summed E-state index contributed by atoms with van der Waals surface area (Å²) in [5.41, 5.74) is 6.02. The Morgan fingerprint density at radius 3 is 2.68 bits per heavy atom. The maximum absolute atomic E-state index is 4.73. The van der Waals surface area contributed by atoms with E-state index in [2.05, 4.69) is 32.9 Å². The third-order valence-corrected chi connectivity index (χ3v) is 3.67. The van der Waals surface area contributed by atoms with Crippen LogP contribution in [-0.4, -0.2) is 24.9 Å². The summed E-state index contributed by atoms with van der Waals surface area (Å²) >= 11 is 0. The van der Waals surface area contributed by atoms with Crippen molar-refractivity contribution in [2.75, 3.05) is 0 Å². The first-order valence-corrected chi connectivity index (χ1v) is 6.99. The Kier molecular flexibility index (Phi) is 2.89. The van der Waals surface area contributed by atoms with E-state index in [0.29, 0.717) is 0 Å². The molecule has 3 heterocycles. The van der Waals surface area contributed by atoms with Crippen LogP contribution in [0.4, 0.5) is 0 Å². The summed E-state index contributed by atoms with van der Waals surface area (Å²) in [5, 5.41) is 0. The number of H-pyrrole nitrogens is 1. The molecule has 0 saturated heterocycles. The molecule has 22 heavy (non-hydrogen) atoms. The lowest BCUT2D eigenvalue weighted by Crippen LogP contribution is -1.87. The maximum Gasteiger partial charge on any atom is 0.157 e. The molecule has 0 atom stereocenters. The molecule has 4 rings (SSSR count). The molecule has 0 bridgehead atoms. The van der Waals surface area contributed by atoms with E-state index in [1.165, 1.54) is 11.9 Å². The average Bonchev–Trinajstić information content (AvgIpc) is 3.00. The molecule has 0 aliphatic heterocycles. The van der Waals surface area contributed by atoms with Crippen molar-refractivity contribution >= 4 is 11.0 Å². The van der Waals surface area contributed by atoms with E-state index >= 15 is 0 Å². The fraction of sp³-hybridized carbons (Fsp3) is 0.0588. The van der Waals surface area contributed by atoms with Crippen molar-refractivity contribution in [1.29, 1.82) is 0 Å². The molecule has 4 aromatic rings. The number of hydrogen-bond acceptors (Lipinski definition) is 4. The van der Waals surface area contributed by atoms with Gasteiger partial charge < -0.3 is 4.98 Å². The highest BCUT2D eigenvalue weighted by atomic mass is 15.0. The summed E-state index contributed by atoms with van der Waals surface area (Å²) in [6, 6.07) is 9.95. The van der Waals surface area contributed by atoms with Crippen molar-refractivity contribution in [3.8, 4) is 22.6 Å². The number of para-hydroxylation sites is 1. The molecule has 0 saturated carbocycles. The van der Waals surface area contributed by atoms with Gasteiger partial charge in [-0.3, -0.25) is 4.98 Å². The van der Waals surface area contributed by atoms with E-state index in [4.69, 9.17) is 4.98 Å². The van der Waals surface area contributed by atoms with Crippen LogP contribution in [0.3, 0.4) is 0 Å². The summed E-state index contributed by atoms with van der Waals surface area (Å²) < 4.78 is 0. The monoisotopic (exact) mass is 287 g/mol. The van der Waals surface area contributed by atoms with Gasteiger partial charge in [-0.05, 0) is 30.7 Å². The molecule has 0 spiro atoms. The second-order valence-corrected chi connectivity index (χ2v) is 5.07. The van der Waals surface area contributed by atoms with E-state index in [1.807, 2.05) is 30.5 Å². The van der Waals surface area contributed by atoms with Gasteiger partial charge in [-0.25, -0.2) is 15.0 Å². The van der Waals surface area contributed by atoms with Gasteiger partial charge in [0.05, 0.1) is 11.0 Å². The second-order valence-electron chi connectivity index (χ2n) is 5.07. The number of aryl methyl sites for hydroxylation is 1. The number of hydrogen-bond donors (Lipinski definition) is 1. The third kappa shape index (κ3) is 2.03. The van der Waals surface area contributed by atoms with Gasteiger partial charge in [0.1, 0.15) is 12.0 Å². The molecule has 0 aliphatic rings. The van der Waals surface area contributed by atoms with Crippen LogP contribution in [0.25, 0.3) is 33.7 Å². The molecule has 0 unspecified atom stereocenters. The quantitative estimate of drug-likeness (QED) is 0.613. The van der Waals surface area contributed by atoms with Crippen molar-refractivity contribution < 1.29 is 0 Å². The lowest BCUT2D eigenvalue weighted by atomic mass is 10.0. The van der Waals surface area contributed by atoms with Crippen LogP contribution in [0, 0.1) is 6.92 Å². The minimum absolute atomic E-state index is 0.742. The number of pyridine rings is 1. The largest absolute Gasteiger partial charge is 0.337 e. The Hall–Kier alpha value is -3.08. The number of aromatic amines is 1. The topological polar surface area (TPSA) is 67.3 Å². The summed E-state index contributed by atoms with van der Waals surface area (Å²) in [7, 11) is 0. The number of benzene rings is 1. The van der Waals surface area contributed by atoms with Crippen molar-refractivity contribution in [2.45, 2.75) is 6.92 Å². The molecular weight excluding hydrogens is 274 g/mol. The first kappa shape index (κ1) is 12.6. The zero-order valence-corrected chi connectivity index (χ0v) is 12.0. The van der Waals surface area contributed by atoms with Crippen molar-refractivity contribution in [1.82, 2.24) is 24.9 Å². The van der Waals surface area contributed by atoms with Gasteiger partial charge in [0, 0.05) is 29.7 Å². The molecule has 1 aromatic carbocycles. The van der Waals surface area contributed by atoms with E-state index in [9.17, 15) is 0 Å². The highest BCUT2D eigenvalue weighted by Crippen LogP contribution is 2.30. The maximum atomic E-state index is 4.73. The van der Waals surface area contributed by atoms with Gasteiger partial charge in [0.15, 0.2) is 5.82 Å². The lowest BCUT2D eigenvalue weighted by Gasteiger charge is -2.05.